The number of hydrogen-bond donors (Lipinski definition) is 2. The van der Waals surface area contributed by atoms with Gasteiger partial charge in [-0.1, -0.05) is 0 Å². The van der Waals surface area contributed by atoms with Gasteiger partial charge in [-0.25, -0.2) is 9.97 Å². The van der Waals surface area contributed by atoms with Crippen molar-refractivity contribution in [2.24, 2.45) is 0 Å². The first-order valence-corrected chi connectivity index (χ1v) is 6.85. The Balaban J connectivity index is 1.73. The Morgan fingerprint density at radius 1 is 1.45 bits per heavy atom. The van der Waals surface area contributed by atoms with Crippen molar-refractivity contribution in [1.82, 2.24) is 9.97 Å². The van der Waals surface area contributed by atoms with E-state index in [4.69, 9.17) is 10.2 Å². The molecule has 20 heavy (non-hydrogen) atoms. The summed E-state index contributed by atoms with van der Waals surface area (Å²) in [6.45, 7) is 1.78. The third kappa shape index (κ3) is 2.62. The average Bonchev–Trinajstić information content (AvgIpc) is 2.93. The summed E-state index contributed by atoms with van der Waals surface area (Å²) in [5.74, 6) is 0.455. The van der Waals surface area contributed by atoms with Crippen molar-refractivity contribution in [2.75, 3.05) is 11.1 Å². The molecule has 0 bridgehead atoms. The third-order valence-corrected chi connectivity index (χ3v) is 3.41. The van der Waals surface area contributed by atoms with Gasteiger partial charge in [-0.3, -0.25) is 4.79 Å². The van der Waals surface area contributed by atoms with Crippen molar-refractivity contribution in [3.05, 3.63) is 35.2 Å². The van der Waals surface area contributed by atoms with Gasteiger partial charge in [-0.05, 0) is 18.2 Å². The smallest absolute Gasteiger partial charge is 0.230 e. The summed E-state index contributed by atoms with van der Waals surface area (Å²) in [5.41, 5.74) is 8.30. The molecule has 102 valence electrons. The van der Waals surface area contributed by atoms with Crippen LogP contribution < -0.4 is 11.1 Å². The Labute approximate surface area is 118 Å². The number of nitrogens with zero attached hydrogens (tertiary/aromatic N) is 2. The van der Waals surface area contributed by atoms with Gasteiger partial charge in [0.2, 0.25) is 5.91 Å². The lowest BCUT2D eigenvalue weighted by Crippen LogP contribution is -2.14. The van der Waals surface area contributed by atoms with Crippen molar-refractivity contribution in [1.29, 1.82) is 0 Å². The SMILES string of the molecule is Cc1nc2cc(NC(=O)Cc3csc(N)n3)ccc2o1. The van der Waals surface area contributed by atoms with Gasteiger partial charge >= 0.3 is 0 Å². The number of nitrogen functional groups attached to an aromatic ring is 1. The zero-order chi connectivity index (χ0) is 14.1. The quantitative estimate of drug-likeness (QED) is 0.771. The molecule has 3 aromatic rings. The van der Waals surface area contributed by atoms with E-state index in [1.165, 1.54) is 11.3 Å². The normalized spacial score (nSPS) is 10.8. The number of carbonyl (C=O) groups is 1. The number of anilines is 2. The second-order valence-electron chi connectivity index (χ2n) is 4.32. The van der Waals surface area contributed by atoms with Crippen molar-refractivity contribution < 1.29 is 9.21 Å². The number of nitrogens with two attached hydrogens (primary N) is 1. The van der Waals surface area contributed by atoms with E-state index >= 15 is 0 Å². The predicted molar refractivity (Wildman–Crippen MR) is 77.6 cm³/mol. The van der Waals surface area contributed by atoms with Crippen molar-refractivity contribution in [3.8, 4) is 0 Å². The summed E-state index contributed by atoms with van der Waals surface area (Å²) >= 11 is 1.32. The van der Waals surface area contributed by atoms with Crippen LogP contribution in [0.4, 0.5) is 10.8 Å². The number of aromatic nitrogens is 2. The minimum Gasteiger partial charge on any atom is -0.441 e. The number of carbonyl (C=O) groups excluding carboxylic acids is 1. The molecule has 0 atom stereocenters. The van der Waals surface area contributed by atoms with E-state index < -0.39 is 0 Å². The highest BCUT2D eigenvalue weighted by Gasteiger charge is 2.09. The van der Waals surface area contributed by atoms with Crippen LogP contribution in [0, 0.1) is 6.92 Å². The number of fused-ring (bicyclic) bond motifs is 1. The molecule has 7 heteroatoms. The lowest BCUT2D eigenvalue weighted by molar-refractivity contribution is -0.115. The van der Waals surface area contributed by atoms with Crippen LogP contribution in [0.2, 0.25) is 0 Å². The van der Waals surface area contributed by atoms with Gasteiger partial charge in [0, 0.05) is 18.0 Å². The maximum absolute atomic E-state index is 11.9. The number of rotatable bonds is 3. The molecule has 2 aromatic heterocycles. The number of hydrogen-bond acceptors (Lipinski definition) is 6. The monoisotopic (exact) mass is 288 g/mol. The van der Waals surface area contributed by atoms with Gasteiger partial charge in [0.25, 0.3) is 0 Å². The summed E-state index contributed by atoms with van der Waals surface area (Å²) in [6, 6.07) is 5.34. The average molecular weight is 288 g/mol. The number of oxazole rings is 1. The maximum atomic E-state index is 11.9. The molecular weight excluding hydrogens is 276 g/mol. The molecule has 0 saturated carbocycles. The Bertz CT molecular complexity index is 778. The number of thiazole rings is 1. The van der Waals surface area contributed by atoms with Gasteiger partial charge < -0.3 is 15.5 Å². The van der Waals surface area contributed by atoms with Gasteiger partial charge in [0.15, 0.2) is 16.6 Å². The number of benzene rings is 1. The van der Waals surface area contributed by atoms with Crippen LogP contribution in [0.1, 0.15) is 11.6 Å². The molecule has 1 amide bonds. The van der Waals surface area contributed by atoms with Crippen LogP contribution in [-0.2, 0) is 11.2 Å². The zero-order valence-electron chi connectivity index (χ0n) is 10.7. The molecule has 6 nitrogen and oxygen atoms in total. The Morgan fingerprint density at radius 3 is 3.05 bits per heavy atom. The summed E-state index contributed by atoms with van der Waals surface area (Å²) in [6.07, 6.45) is 0.198. The number of amides is 1. The highest BCUT2D eigenvalue weighted by molar-refractivity contribution is 7.13. The Kier molecular flexibility index (Phi) is 3.11. The minimum atomic E-state index is -0.144. The summed E-state index contributed by atoms with van der Waals surface area (Å²) in [5, 5.41) is 5.05. The fourth-order valence-corrected chi connectivity index (χ4v) is 2.46. The minimum absolute atomic E-state index is 0.144. The van der Waals surface area contributed by atoms with Crippen molar-refractivity contribution in [2.45, 2.75) is 13.3 Å². The standard InChI is InChI=1S/C13H12N4O2S/c1-7-15-10-4-8(2-3-11(10)19-7)16-12(18)5-9-6-20-13(14)17-9/h2-4,6H,5H2,1H3,(H2,14,17)(H,16,18). The molecular formula is C13H12N4O2S. The summed E-state index contributed by atoms with van der Waals surface area (Å²) < 4.78 is 5.38. The number of aryl methyl sites for hydroxylation is 1. The van der Waals surface area contributed by atoms with Crippen LogP contribution in [0.15, 0.2) is 28.0 Å². The van der Waals surface area contributed by atoms with E-state index in [-0.39, 0.29) is 12.3 Å². The molecule has 0 aliphatic carbocycles. The van der Waals surface area contributed by atoms with Crippen molar-refractivity contribution in [3.63, 3.8) is 0 Å². The molecule has 0 fully saturated rings. The molecule has 1 aromatic carbocycles. The molecule has 3 N–H and O–H groups in total. The van der Waals surface area contributed by atoms with Gasteiger partial charge in [-0.15, -0.1) is 11.3 Å². The molecule has 3 rings (SSSR count). The van der Waals surface area contributed by atoms with Crippen LogP contribution in [0.25, 0.3) is 11.1 Å². The lowest BCUT2D eigenvalue weighted by atomic mass is 10.2. The van der Waals surface area contributed by atoms with E-state index in [9.17, 15) is 4.79 Å². The highest BCUT2D eigenvalue weighted by Crippen LogP contribution is 2.20. The van der Waals surface area contributed by atoms with Crippen LogP contribution in [0.3, 0.4) is 0 Å². The van der Waals surface area contributed by atoms with E-state index in [0.717, 1.165) is 5.52 Å². The van der Waals surface area contributed by atoms with Crippen LogP contribution in [0.5, 0.6) is 0 Å². The molecule has 0 unspecified atom stereocenters. The highest BCUT2D eigenvalue weighted by atomic mass is 32.1. The first-order valence-electron chi connectivity index (χ1n) is 5.97. The molecule has 0 aliphatic heterocycles. The predicted octanol–water partition coefficient (Wildman–Crippen LogP) is 2.36. The third-order valence-electron chi connectivity index (χ3n) is 2.69. The Morgan fingerprint density at radius 2 is 2.30 bits per heavy atom. The van der Waals surface area contributed by atoms with E-state index in [1.54, 1.807) is 30.5 Å². The molecule has 0 spiro atoms. The lowest BCUT2D eigenvalue weighted by Gasteiger charge is -2.03. The zero-order valence-corrected chi connectivity index (χ0v) is 11.5. The van der Waals surface area contributed by atoms with E-state index in [1.807, 2.05) is 0 Å². The first-order chi connectivity index (χ1) is 9.60. The maximum Gasteiger partial charge on any atom is 0.230 e. The largest absolute Gasteiger partial charge is 0.441 e. The van der Waals surface area contributed by atoms with E-state index in [2.05, 4.69) is 15.3 Å². The van der Waals surface area contributed by atoms with Crippen LogP contribution in [-0.4, -0.2) is 15.9 Å². The van der Waals surface area contributed by atoms with Crippen molar-refractivity contribution >= 4 is 39.2 Å². The van der Waals surface area contributed by atoms with E-state index in [0.29, 0.717) is 28.0 Å². The summed E-state index contributed by atoms with van der Waals surface area (Å²) in [4.78, 5) is 20.2. The second kappa shape index (κ2) is 4.93. The molecule has 0 saturated heterocycles. The topological polar surface area (TPSA) is 94.0 Å². The van der Waals surface area contributed by atoms with Gasteiger partial charge in [-0.2, -0.15) is 0 Å². The number of nitrogens with one attached hydrogen (secondary N) is 1. The first kappa shape index (κ1) is 12.6. The second-order valence-corrected chi connectivity index (χ2v) is 5.21. The van der Waals surface area contributed by atoms with Crippen LogP contribution >= 0.6 is 11.3 Å². The Hall–Kier alpha value is -2.41. The molecule has 0 aliphatic rings. The fraction of sp³-hybridized carbons (Fsp3) is 0.154. The molecule has 0 radical (unpaired) electrons. The fourth-order valence-electron chi connectivity index (χ4n) is 1.89. The molecule has 2 heterocycles. The van der Waals surface area contributed by atoms with Gasteiger partial charge in [0.1, 0.15) is 5.52 Å². The summed E-state index contributed by atoms with van der Waals surface area (Å²) in [7, 11) is 0. The van der Waals surface area contributed by atoms with Gasteiger partial charge in [0.05, 0.1) is 12.1 Å².